The summed E-state index contributed by atoms with van der Waals surface area (Å²) in [6, 6.07) is 6.41. The average Bonchev–Trinajstić information content (AvgIpc) is 2.47. The lowest BCUT2D eigenvalue weighted by Crippen LogP contribution is -2.47. The van der Waals surface area contributed by atoms with Gasteiger partial charge in [-0.3, -0.25) is 9.80 Å². The van der Waals surface area contributed by atoms with Gasteiger partial charge in [0.25, 0.3) is 0 Å². The third kappa shape index (κ3) is 4.04. The first-order valence-electron chi connectivity index (χ1n) is 7.01. The van der Waals surface area contributed by atoms with Gasteiger partial charge in [-0.25, -0.2) is 4.39 Å². The van der Waals surface area contributed by atoms with Crippen LogP contribution < -0.4 is 0 Å². The molecule has 0 radical (unpaired) electrons. The summed E-state index contributed by atoms with van der Waals surface area (Å²) in [6.45, 7) is 5.08. The third-order valence-corrected chi connectivity index (χ3v) is 3.73. The van der Waals surface area contributed by atoms with E-state index in [1.54, 1.807) is 18.2 Å². The van der Waals surface area contributed by atoms with Crippen molar-refractivity contribution in [2.24, 2.45) is 0 Å². The fourth-order valence-electron chi connectivity index (χ4n) is 2.51. The number of halogens is 1. The summed E-state index contributed by atoms with van der Waals surface area (Å²) in [5.41, 5.74) is 0.377. The molecular weight excluding hydrogens is 255 g/mol. The van der Waals surface area contributed by atoms with E-state index < -0.39 is 6.10 Å². The van der Waals surface area contributed by atoms with E-state index in [9.17, 15) is 9.50 Å². The van der Waals surface area contributed by atoms with E-state index in [4.69, 9.17) is 6.42 Å². The molecule has 4 heteroatoms. The first-order valence-corrected chi connectivity index (χ1v) is 7.01. The van der Waals surface area contributed by atoms with Gasteiger partial charge in [-0.15, -0.1) is 12.3 Å². The van der Waals surface area contributed by atoms with Gasteiger partial charge < -0.3 is 5.11 Å². The molecule has 1 atom stereocenters. The maximum absolute atomic E-state index is 13.6. The molecule has 1 N–H and O–H groups in total. The average molecular weight is 276 g/mol. The first kappa shape index (κ1) is 15.0. The van der Waals surface area contributed by atoms with Gasteiger partial charge in [-0.1, -0.05) is 18.2 Å². The molecule has 0 aliphatic carbocycles. The molecule has 0 bridgehead atoms. The molecule has 0 spiro atoms. The van der Waals surface area contributed by atoms with Crippen LogP contribution in [0, 0.1) is 18.2 Å². The van der Waals surface area contributed by atoms with Gasteiger partial charge >= 0.3 is 0 Å². The van der Waals surface area contributed by atoms with E-state index in [1.165, 1.54) is 6.07 Å². The van der Waals surface area contributed by atoms with Crippen molar-refractivity contribution in [3.63, 3.8) is 0 Å². The number of terminal acetylenes is 1. The summed E-state index contributed by atoms with van der Waals surface area (Å²) in [6.07, 6.45) is 5.27. The highest BCUT2D eigenvalue weighted by Crippen LogP contribution is 2.18. The Kier molecular flexibility index (Phi) is 5.54. The second-order valence-electron chi connectivity index (χ2n) is 5.13. The van der Waals surface area contributed by atoms with Crippen LogP contribution in [0.5, 0.6) is 0 Å². The van der Waals surface area contributed by atoms with Crippen molar-refractivity contribution in [2.45, 2.75) is 12.5 Å². The topological polar surface area (TPSA) is 26.7 Å². The van der Waals surface area contributed by atoms with E-state index in [-0.39, 0.29) is 5.82 Å². The van der Waals surface area contributed by atoms with Gasteiger partial charge in [0.2, 0.25) is 0 Å². The number of nitrogens with zero attached hydrogens (tertiary/aromatic N) is 2. The Hall–Kier alpha value is -1.41. The Morgan fingerprint density at radius 1 is 1.20 bits per heavy atom. The SMILES string of the molecule is C#CCCN1CCN(CC(O)c2ccccc2F)CC1. The van der Waals surface area contributed by atoms with Gasteiger partial charge in [-0.05, 0) is 6.07 Å². The van der Waals surface area contributed by atoms with Crippen molar-refractivity contribution in [3.05, 3.63) is 35.6 Å². The van der Waals surface area contributed by atoms with Crippen molar-refractivity contribution in [2.75, 3.05) is 39.3 Å². The van der Waals surface area contributed by atoms with Crippen molar-refractivity contribution >= 4 is 0 Å². The zero-order valence-electron chi connectivity index (χ0n) is 11.6. The van der Waals surface area contributed by atoms with Crippen molar-refractivity contribution in [1.82, 2.24) is 9.80 Å². The molecule has 1 saturated heterocycles. The van der Waals surface area contributed by atoms with Crippen LogP contribution in [0.1, 0.15) is 18.1 Å². The number of hydrogen-bond acceptors (Lipinski definition) is 3. The molecule has 2 rings (SSSR count). The van der Waals surface area contributed by atoms with Gasteiger partial charge in [0, 0.05) is 51.3 Å². The summed E-state index contributed by atoms with van der Waals surface area (Å²) in [7, 11) is 0. The summed E-state index contributed by atoms with van der Waals surface area (Å²) < 4.78 is 13.6. The fraction of sp³-hybridized carbons (Fsp3) is 0.500. The fourth-order valence-corrected chi connectivity index (χ4v) is 2.51. The Morgan fingerprint density at radius 3 is 2.50 bits per heavy atom. The van der Waals surface area contributed by atoms with Crippen LogP contribution in [-0.2, 0) is 0 Å². The lowest BCUT2D eigenvalue weighted by Gasteiger charge is -2.35. The summed E-state index contributed by atoms with van der Waals surface area (Å²) >= 11 is 0. The molecule has 1 aromatic carbocycles. The minimum atomic E-state index is -0.770. The Balaban J connectivity index is 1.81. The van der Waals surface area contributed by atoms with Crippen molar-refractivity contribution in [3.8, 4) is 12.3 Å². The Morgan fingerprint density at radius 2 is 1.85 bits per heavy atom. The Bertz CT molecular complexity index is 464. The van der Waals surface area contributed by atoms with Crippen LogP contribution >= 0.6 is 0 Å². The highest BCUT2D eigenvalue weighted by Gasteiger charge is 2.20. The van der Waals surface area contributed by atoms with E-state index in [2.05, 4.69) is 15.7 Å². The maximum Gasteiger partial charge on any atom is 0.129 e. The molecule has 1 aliphatic heterocycles. The van der Waals surface area contributed by atoms with E-state index in [0.29, 0.717) is 12.1 Å². The second kappa shape index (κ2) is 7.39. The lowest BCUT2D eigenvalue weighted by atomic mass is 10.1. The van der Waals surface area contributed by atoms with E-state index >= 15 is 0 Å². The molecule has 1 fully saturated rings. The lowest BCUT2D eigenvalue weighted by molar-refractivity contribution is 0.0717. The monoisotopic (exact) mass is 276 g/mol. The van der Waals surface area contributed by atoms with Crippen molar-refractivity contribution in [1.29, 1.82) is 0 Å². The van der Waals surface area contributed by atoms with Crippen LogP contribution in [0.4, 0.5) is 4.39 Å². The van der Waals surface area contributed by atoms with Gasteiger partial charge in [-0.2, -0.15) is 0 Å². The highest BCUT2D eigenvalue weighted by molar-refractivity contribution is 5.20. The number of piperazine rings is 1. The second-order valence-corrected chi connectivity index (χ2v) is 5.13. The largest absolute Gasteiger partial charge is 0.387 e. The predicted octanol–water partition coefficient (Wildman–Crippen LogP) is 1.50. The molecule has 108 valence electrons. The minimum Gasteiger partial charge on any atom is -0.387 e. The molecule has 20 heavy (non-hydrogen) atoms. The maximum atomic E-state index is 13.6. The standard InChI is InChI=1S/C16H21FN2O/c1-2-3-8-18-9-11-19(12-10-18)13-16(20)14-6-4-5-7-15(14)17/h1,4-7,16,20H,3,8-13H2. The zero-order valence-corrected chi connectivity index (χ0v) is 11.6. The van der Waals surface area contributed by atoms with E-state index in [1.807, 2.05) is 0 Å². The van der Waals surface area contributed by atoms with E-state index in [0.717, 1.165) is 39.1 Å². The predicted molar refractivity (Wildman–Crippen MR) is 77.7 cm³/mol. The van der Waals surface area contributed by atoms with Crippen LogP contribution in [0.2, 0.25) is 0 Å². The van der Waals surface area contributed by atoms with Gasteiger partial charge in [0.1, 0.15) is 5.82 Å². The van der Waals surface area contributed by atoms with Gasteiger partial charge in [0.15, 0.2) is 0 Å². The smallest absolute Gasteiger partial charge is 0.129 e. The molecule has 0 saturated carbocycles. The number of β-amino-alcohol motifs (C(OH)–C–C–N with tert-alkyl or cyclic N) is 1. The van der Waals surface area contributed by atoms with Crippen LogP contribution in [0.3, 0.4) is 0 Å². The number of rotatable bonds is 5. The molecule has 0 aromatic heterocycles. The molecule has 3 nitrogen and oxygen atoms in total. The zero-order chi connectivity index (χ0) is 14.4. The normalized spacial score (nSPS) is 18.6. The number of hydrogen-bond donors (Lipinski definition) is 1. The third-order valence-electron chi connectivity index (χ3n) is 3.73. The quantitative estimate of drug-likeness (QED) is 0.826. The molecule has 1 aliphatic rings. The molecule has 1 heterocycles. The number of aliphatic hydroxyl groups is 1. The van der Waals surface area contributed by atoms with Crippen LogP contribution in [0.15, 0.2) is 24.3 Å². The summed E-state index contributed by atoms with van der Waals surface area (Å²) in [4.78, 5) is 4.50. The molecule has 1 aromatic rings. The summed E-state index contributed by atoms with van der Waals surface area (Å²) in [5, 5.41) is 10.1. The molecular formula is C16H21FN2O. The van der Waals surface area contributed by atoms with Crippen LogP contribution in [-0.4, -0.2) is 54.2 Å². The molecule has 0 amide bonds. The Labute approximate surface area is 120 Å². The minimum absolute atomic E-state index is 0.340. The first-order chi connectivity index (χ1) is 9.70. The van der Waals surface area contributed by atoms with Crippen LogP contribution in [0.25, 0.3) is 0 Å². The van der Waals surface area contributed by atoms with Gasteiger partial charge in [0.05, 0.1) is 6.10 Å². The highest BCUT2D eigenvalue weighted by atomic mass is 19.1. The van der Waals surface area contributed by atoms with Crippen molar-refractivity contribution < 1.29 is 9.50 Å². The number of benzene rings is 1. The summed E-state index contributed by atoms with van der Waals surface area (Å²) in [5.74, 6) is 2.31. The number of aliphatic hydroxyl groups excluding tert-OH is 1. The molecule has 1 unspecified atom stereocenters.